The molecule has 3 fully saturated rings. The second-order valence-electron chi connectivity index (χ2n) is 13.0. The van der Waals surface area contributed by atoms with Gasteiger partial charge in [-0.25, -0.2) is 4.79 Å². The molecule has 0 aliphatic carbocycles. The van der Waals surface area contributed by atoms with E-state index >= 15 is 0 Å². The number of carbonyl (C=O) groups is 2. The van der Waals surface area contributed by atoms with Crippen molar-refractivity contribution < 1.29 is 14.3 Å². The van der Waals surface area contributed by atoms with E-state index in [4.69, 9.17) is 27.9 Å². The Morgan fingerprint density at radius 3 is 2.24 bits per heavy atom. The van der Waals surface area contributed by atoms with E-state index < -0.39 is 12.2 Å². The number of piperidine rings is 2. The van der Waals surface area contributed by atoms with Crippen LogP contribution in [0.3, 0.4) is 0 Å². The molecule has 0 unspecified atom stereocenters. The molecule has 11 heteroatoms. The number of halogens is 2. The SMILES string of the molecule is CN1CCC(N2CCN(C(=O)[C@@H](Cc3ccc(Cl)c(Cl)c3)OC(=O)N3CCC(N4CCc5ccccc5NC4)CC3)CC2)CC1. The second-order valence-corrected chi connectivity index (χ2v) is 13.8. The molecule has 6 rings (SSSR count). The number of rotatable bonds is 6. The van der Waals surface area contributed by atoms with Crippen LogP contribution in [0.5, 0.6) is 0 Å². The van der Waals surface area contributed by atoms with Crippen LogP contribution >= 0.6 is 23.2 Å². The van der Waals surface area contributed by atoms with E-state index in [0.29, 0.717) is 48.3 Å². The van der Waals surface area contributed by atoms with E-state index in [9.17, 15) is 9.59 Å². The lowest BCUT2D eigenvalue weighted by Crippen LogP contribution is -2.56. The number of amides is 2. The lowest BCUT2D eigenvalue weighted by Gasteiger charge is -2.42. The number of carbonyl (C=O) groups excluding carboxylic acids is 2. The van der Waals surface area contributed by atoms with Gasteiger partial charge < -0.3 is 24.8 Å². The molecule has 1 N–H and O–H groups in total. The molecule has 4 heterocycles. The first kappa shape index (κ1) is 32.4. The quantitative estimate of drug-likeness (QED) is 0.485. The van der Waals surface area contributed by atoms with Crippen LogP contribution in [0.25, 0.3) is 0 Å². The predicted molar refractivity (Wildman–Crippen MR) is 179 cm³/mol. The van der Waals surface area contributed by atoms with Crippen molar-refractivity contribution in [1.82, 2.24) is 24.5 Å². The fourth-order valence-electron chi connectivity index (χ4n) is 7.29. The van der Waals surface area contributed by atoms with Gasteiger partial charge in [0, 0.05) is 70.0 Å². The van der Waals surface area contributed by atoms with Gasteiger partial charge in [0.05, 0.1) is 16.7 Å². The van der Waals surface area contributed by atoms with Crippen molar-refractivity contribution in [2.24, 2.45) is 0 Å². The standard InChI is InChI=1S/C34H46Cl2N6O3/c1-38-13-9-27(10-14-38)39-18-20-40(21-19-39)33(43)32(23-25-6-7-29(35)30(36)22-25)45-34(44)41-16-11-28(12-17-41)42-15-8-26-4-2-3-5-31(26)37-24-42/h2-7,22,27-28,32,37H,8-21,23-24H2,1H3/t32-/m1/s1. The summed E-state index contributed by atoms with van der Waals surface area (Å²) in [4.78, 5) is 38.5. The number of hydrogen-bond acceptors (Lipinski definition) is 7. The molecular weight excluding hydrogens is 611 g/mol. The first-order valence-electron chi connectivity index (χ1n) is 16.5. The van der Waals surface area contributed by atoms with Crippen molar-refractivity contribution in [3.8, 4) is 0 Å². The van der Waals surface area contributed by atoms with Crippen LogP contribution in [0.2, 0.25) is 10.0 Å². The molecule has 0 saturated carbocycles. The van der Waals surface area contributed by atoms with Gasteiger partial charge >= 0.3 is 6.09 Å². The molecule has 45 heavy (non-hydrogen) atoms. The molecule has 4 aliphatic heterocycles. The number of benzene rings is 2. The molecule has 244 valence electrons. The highest BCUT2D eigenvalue weighted by atomic mass is 35.5. The highest BCUT2D eigenvalue weighted by Gasteiger charge is 2.35. The summed E-state index contributed by atoms with van der Waals surface area (Å²) in [6.07, 6.45) is 4.01. The lowest BCUT2D eigenvalue weighted by molar-refractivity contribution is -0.143. The van der Waals surface area contributed by atoms with Gasteiger partial charge in [0.1, 0.15) is 0 Å². The number of nitrogens with zero attached hydrogens (tertiary/aromatic N) is 5. The number of fused-ring (bicyclic) bond motifs is 1. The van der Waals surface area contributed by atoms with Gasteiger partial charge in [0.2, 0.25) is 0 Å². The van der Waals surface area contributed by atoms with E-state index in [1.807, 2.05) is 11.0 Å². The first-order valence-corrected chi connectivity index (χ1v) is 17.3. The van der Waals surface area contributed by atoms with Crippen molar-refractivity contribution in [1.29, 1.82) is 0 Å². The minimum atomic E-state index is -0.921. The minimum absolute atomic E-state index is 0.137. The number of anilines is 1. The van der Waals surface area contributed by atoms with Crippen molar-refractivity contribution in [3.63, 3.8) is 0 Å². The van der Waals surface area contributed by atoms with Gasteiger partial charge in [0.15, 0.2) is 6.10 Å². The molecule has 4 aliphatic rings. The van der Waals surface area contributed by atoms with Crippen molar-refractivity contribution in [3.05, 3.63) is 63.6 Å². The fraction of sp³-hybridized carbons (Fsp3) is 0.588. The number of piperazine rings is 1. The molecule has 0 bridgehead atoms. The van der Waals surface area contributed by atoms with Crippen LogP contribution in [0.15, 0.2) is 42.5 Å². The highest BCUT2D eigenvalue weighted by molar-refractivity contribution is 6.42. The Labute approximate surface area is 277 Å². The molecule has 0 aromatic heterocycles. The number of nitrogens with one attached hydrogen (secondary N) is 1. The van der Waals surface area contributed by atoms with Gasteiger partial charge in [-0.3, -0.25) is 14.6 Å². The Balaban J connectivity index is 1.05. The van der Waals surface area contributed by atoms with Crippen molar-refractivity contribution >= 4 is 40.9 Å². The summed E-state index contributed by atoms with van der Waals surface area (Å²) in [5, 5.41) is 4.46. The molecule has 0 radical (unpaired) electrons. The topological polar surface area (TPSA) is 71.6 Å². The smallest absolute Gasteiger partial charge is 0.410 e. The Bertz CT molecular complexity index is 1300. The minimum Gasteiger partial charge on any atom is -0.436 e. The lowest BCUT2D eigenvalue weighted by atomic mass is 10.0. The predicted octanol–water partition coefficient (Wildman–Crippen LogP) is 4.67. The van der Waals surface area contributed by atoms with Crippen molar-refractivity contribution in [2.45, 2.75) is 56.7 Å². The Morgan fingerprint density at radius 2 is 1.51 bits per heavy atom. The third kappa shape index (κ3) is 8.06. The molecule has 2 aromatic carbocycles. The first-order chi connectivity index (χ1) is 21.8. The molecule has 0 spiro atoms. The third-order valence-electron chi connectivity index (χ3n) is 10.2. The maximum Gasteiger partial charge on any atom is 0.410 e. The number of likely N-dealkylation sites (tertiary alicyclic amines) is 2. The Hall–Kier alpha value is -2.56. The van der Waals surface area contributed by atoms with Gasteiger partial charge in [-0.2, -0.15) is 0 Å². The largest absolute Gasteiger partial charge is 0.436 e. The van der Waals surface area contributed by atoms with Crippen LogP contribution in [0, 0.1) is 0 Å². The van der Waals surface area contributed by atoms with Crippen LogP contribution in [0.1, 0.15) is 36.8 Å². The van der Waals surface area contributed by atoms with Crippen LogP contribution in [0.4, 0.5) is 10.5 Å². The third-order valence-corrected chi connectivity index (χ3v) is 10.9. The average molecular weight is 658 g/mol. The van der Waals surface area contributed by atoms with Crippen LogP contribution < -0.4 is 5.32 Å². The van der Waals surface area contributed by atoms with E-state index in [-0.39, 0.29) is 12.3 Å². The molecule has 2 aromatic rings. The van der Waals surface area contributed by atoms with Crippen molar-refractivity contribution in [2.75, 3.05) is 77.9 Å². The zero-order valence-corrected chi connectivity index (χ0v) is 27.8. The van der Waals surface area contributed by atoms with E-state index in [0.717, 1.165) is 64.2 Å². The molecule has 9 nitrogen and oxygen atoms in total. The number of hydrogen-bond donors (Lipinski definition) is 1. The zero-order chi connectivity index (χ0) is 31.3. The summed E-state index contributed by atoms with van der Waals surface area (Å²) in [7, 11) is 2.18. The van der Waals surface area contributed by atoms with Gasteiger partial charge in [0.25, 0.3) is 5.91 Å². The van der Waals surface area contributed by atoms with Gasteiger partial charge in [-0.1, -0.05) is 47.5 Å². The highest BCUT2D eigenvalue weighted by Crippen LogP contribution is 2.26. The summed E-state index contributed by atoms with van der Waals surface area (Å²) in [6.45, 7) is 8.21. The van der Waals surface area contributed by atoms with Crippen LogP contribution in [-0.2, 0) is 22.4 Å². The monoisotopic (exact) mass is 656 g/mol. The number of para-hydroxylation sites is 1. The summed E-state index contributed by atoms with van der Waals surface area (Å²) >= 11 is 12.5. The van der Waals surface area contributed by atoms with E-state index in [1.165, 1.54) is 24.1 Å². The maximum absolute atomic E-state index is 13.9. The summed E-state index contributed by atoms with van der Waals surface area (Å²) in [5.41, 5.74) is 3.37. The summed E-state index contributed by atoms with van der Waals surface area (Å²) in [6, 6.07) is 14.8. The second kappa shape index (κ2) is 14.9. The maximum atomic E-state index is 13.9. The van der Waals surface area contributed by atoms with Crippen LogP contribution in [-0.4, -0.2) is 127 Å². The Kier molecular flexibility index (Phi) is 10.7. The number of ether oxygens (including phenoxy) is 1. The van der Waals surface area contributed by atoms with E-state index in [1.54, 1.807) is 17.0 Å². The van der Waals surface area contributed by atoms with Gasteiger partial charge in [-0.15, -0.1) is 0 Å². The molecule has 2 amide bonds. The van der Waals surface area contributed by atoms with Gasteiger partial charge in [-0.05, 0) is 81.6 Å². The summed E-state index contributed by atoms with van der Waals surface area (Å²) in [5.74, 6) is -0.137. The zero-order valence-electron chi connectivity index (χ0n) is 26.3. The normalized spacial score (nSPS) is 21.9. The fourth-order valence-corrected chi connectivity index (χ4v) is 7.61. The summed E-state index contributed by atoms with van der Waals surface area (Å²) < 4.78 is 6.05. The van der Waals surface area contributed by atoms with E-state index in [2.05, 4.69) is 51.3 Å². The molecule has 1 atom stereocenters. The Morgan fingerprint density at radius 1 is 0.822 bits per heavy atom. The average Bonchev–Trinajstić information content (AvgIpc) is 3.29. The molecular formula is C34H46Cl2N6O3. The molecule has 3 saturated heterocycles.